The van der Waals surface area contributed by atoms with Gasteiger partial charge >= 0.3 is 5.97 Å². The summed E-state index contributed by atoms with van der Waals surface area (Å²) in [7, 11) is 1.56. The average molecular weight is 487 g/mol. The van der Waals surface area contributed by atoms with Gasteiger partial charge in [-0.2, -0.15) is 0 Å². The van der Waals surface area contributed by atoms with Crippen LogP contribution in [0.1, 0.15) is 33.1 Å². The van der Waals surface area contributed by atoms with Gasteiger partial charge in [0.05, 0.1) is 37.7 Å². The van der Waals surface area contributed by atoms with Gasteiger partial charge in [0, 0.05) is 12.2 Å². The topological polar surface area (TPSA) is 117 Å². The van der Waals surface area contributed by atoms with Gasteiger partial charge < -0.3 is 29.5 Å². The van der Waals surface area contributed by atoms with Crippen LogP contribution >= 0.6 is 0 Å². The third kappa shape index (κ3) is 3.81. The fourth-order valence-electron chi connectivity index (χ4n) is 6.19. The molecule has 3 fully saturated rings. The van der Waals surface area contributed by atoms with Crippen LogP contribution in [0.25, 0.3) is 0 Å². The van der Waals surface area contributed by atoms with E-state index < -0.39 is 47.5 Å². The van der Waals surface area contributed by atoms with E-state index in [0.29, 0.717) is 30.7 Å². The number of carbonyl (C=O) groups is 3. The minimum atomic E-state index is -1.24. The molecule has 0 aliphatic carbocycles. The smallest absolute Gasteiger partial charge is 0.310 e. The van der Waals surface area contributed by atoms with Crippen molar-refractivity contribution in [1.29, 1.82) is 0 Å². The summed E-state index contributed by atoms with van der Waals surface area (Å²) in [6.45, 7) is 7.51. The molecule has 9 nitrogen and oxygen atoms in total. The highest BCUT2D eigenvalue weighted by Gasteiger charge is 2.75. The third-order valence-electron chi connectivity index (χ3n) is 8.06. The van der Waals surface area contributed by atoms with E-state index in [0.717, 1.165) is 0 Å². The van der Waals surface area contributed by atoms with E-state index in [9.17, 15) is 24.6 Å². The first-order chi connectivity index (χ1) is 16.7. The fourth-order valence-corrected chi connectivity index (χ4v) is 6.19. The predicted octanol–water partition coefficient (Wildman–Crippen LogP) is 2.08. The molecular formula is C26H34N2O7. The zero-order chi connectivity index (χ0) is 25.5. The summed E-state index contributed by atoms with van der Waals surface area (Å²) in [5, 5.41) is 20.3. The number of carboxylic acid groups (broad SMARTS) is 1. The zero-order valence-electron chi connectivity index (χ0n) is 20.4. The molecule has 0 saturated carbocycles. The summed E-state index contributed by atoms with van der Waals surface area (Å²) in [5.74, 6) is -3.34. The van der Waals surface area contributed by atoms with Gasteiger partial charge in [-0.15, -0.1) is 6.58 Å². The highest BCUT2D eigenvalue weighted by molar-refractivity contribution is 6.04. The Hall–Kier alpha value is -2.91. The zero-order valence-corrected chi connectivity index (χ0v) is 20.4. The van der Waals surface area contributed by atoms with Crippen LogP contribution < -0.4 is 9.64 Å². The van der Waals surface area contributed by atoms with Gasteiger partial charge in [0.1, 0.15) is 17.4 Å². The summed E-state index contributed by atoms with van der Waals surface area (Å²) in [6, 6.07) is 5.29. The summed E-state index contributed by atoms with van der Waals surface area (Å²) < 4.78 is 11.5. The van der Waals surface area contributed by atoms with Gasteiger partial charge in [0.25, 0.3) is 5.91 Å². The van der Waals surface area contributed by atoms with E-state index in [2.05, 4.69) is 6.58 Å². The molecule has 7 atom stereocenters. The molecule has 0 radical (unpaired) electrons. The van der Waals surface area contributed by atoms with Gasteiger partial charge in [0.15, 0.2) is 0 Å². The van der Waals surface area contributed by atoms with Crippen molar-refractivity contribution in [3.63, 3.8) is 0 Å². The van der Waals surface area contributed by atoms with Crippen LogP contribution in [0.5, 0.6) is 5.75 Å². The Morgan fingerprint density at radius 2 is 2.06 bits per heavy atom. The van der Waals surface area contributed by atoms with Crippen LogP contribution in [-0.4, -0.2) is 76.9 Å². The molecule has 1 aromatic carbocycles. The maximum absolute atomic E-state index is 14.3. The second-order valence-electron chi connectivity index (χ2n) is 9.71. The highest BCUT2D eigenvalue weighted by atomic mass is 16.5. The van der Waals surface area contributed by atoms with Crippen LogP contribution in [-0.2, 0) is 19.1 Å². The Kier molecular flexibility index (Phi) is 6.92. The van der Waals surface area contributed by atoms with Gasteiger partial charge in [-0.3, -0.25) is 14.4 Å². The second-order valence-corrected chi connectivity index (χ2v) is 9.71. The first kappa shape index (κ1) is 25.2. The maximum Gasteiger partial charge on any atom is 0.310 e. The molecule has 3 heterocycles. The van der Waals surface area contributed by atoms with E-state index >= 15 is 0 Å². The van der Waals surface area contributed by atoms with E-state index in [1.54, 1.807) is 37.5 Å². The van der Waals surface area contributed by atoms with E-state index in [1.807, 2.05) is 13.8 Å². The monoisotopic (exact) mass is 486 g/mol. The number of rotatable bonds is 10. The fraction of sp³-hybridized carbons (Fsp3) is 0.577. The summed E-state index contributed by atoms with van der Waals surface area (Å²) >= 11 is 0. The van der Waals surface area contributed by atoms with E-state index in [-0.39, 0.29) is 25.0 Å². The number of aliphatic hydroxyl groups excluding tert-OH is 1. The van der Waals surface area contributed by atoms with Gasteiger partial charge in [0.2, 0.25) is 5.91 Å². The van der Waals surface area contributed by atoms with Crippen molar-refractivity contribution in [3.05, 3.63) is 36.9 Å². The normalized spacial score (nSPS) is 30.6. The summed E-state index contributed by atoms with van der Waals surface area (Å²) in [5.41, 5.74) is -0.649. The molecule has 3 aliphatic heterocycles. The number of ether oxygens (including phenoxy) is 2. The summed E-state index contributed by atoms with van der Waals surface area (Å²) in [6.07, 6.45) is 2.55. The molecule has 1 aromatic rings. The molecule has 4 rings (SSSR count). The van der Waals surface area contributed by atoms with Crippen LogP contribution in [0.4, 0.5) is 5.69 Å². The number of aliphatic hydroxyl groups is 1. The molecule has 2 amide bonds. The van der Waals surface area contributed by atoms with Crippen molar-refractivity contribution < 1.29 is 34.1 Å². The lowest BCUT2D eigenvalue weighted by molar-refractivity contribution is -0.151. The number of carbonyl (C=O) groups excluding carboxylic acids is 2. The number of methoxy groups -OCH3 is 1. The maximum atomic E-state index is 14.3. The van der Waals surface area contributed by atoms with E-state index in [1.165, 1.54) is 9.80 Å². The van der Waals surface area contributed by atoms with Crippen LogP contribution in [0.3, 0.4) is 0 Å². The largest absolute Gasteiger partial charge is 0.497 e. The van der Waals surface area contributed by atoms with Crippen molar-refractivity contribution in [2.45, 2.75) is 56.9 Å². The Labute approximate surface area is 205 Å². The van der Waals surface area contributed by atoms with Gasteiger partial charge in [-0.05, 0) is 43.0 Å². The molecule has 3 aliphatic rings. The molecule has 2 unspecified atom stereocenters. The highest BCUT2D eigenvalue weighted by Crippen LogP contribution is 2.59. The Bertz CT molecular complexity index is 996. The number of amides is 2. The number of aliphatic carboxylic acids is 1. The number of hydrogen-bond acceptors (Lipinski definition) is 6. The van der Waals surface area contributed by atoms with Gasteiger partial charge in [-0.25, -0.2) is 0 Å². The minimum absolute atomic E-state index is 0.108. The van der Waals surface area contributed by atoms with Crippen LogP contribution in [0.2, 0.25) is 0 Å². The molecule has 190 valence electrons. The average Bonchev–Trinajstić information content (AvgIpc) is 3.50. The van der Waals surface area contributed by atoms with Crippen molar-refractivity contribution in [2.24, 2.45) is 17.8 Å². The lowest BCUT2D eigenvalue weighted by Gasteiger charge is -2.40. The summed E-state index contributed by atoms with van der Waals surface area (Å²) in [4.78, 5) is 43.4. The molecule has 0 aromatic heterocycles. The third-order valence-corrected chi connectivity index (χ3v) is 8.06. The quantitative estimate of drug-likeness (QED) is 0.487. The lowest BCUT2D eigenvalue weighted by atomic mass is 9.70. The number of fused-ring (bicyclic) bond motifs is 1. The first-order valence-electron chi connectivity index (χ1n) is 12.2. The van der Waals surface area contributed by atoms with Crippen LogP contribution in [0.15, 0.2) is 36.9 Å². The number of carboxylic acids is 1. The standard InChI is InChI=1S/C26H34N2O7/c1-5-13-27(16-7-9-17(34-4)10-8-16)24(31)22-26-12-11-19(35-26)20(25(32)33)21(26)23(30)28(22)18(14-29)15(3)6-2/h5,7-10,15,18-22,29H,1,6,11-14H2,2-4H3,(H,32,33)/t15-,18-,19+,20-,21-,22?,26?/m0/s1. The first-order valence-corrected chi connectivity index (χ1v) is 12.2. The Morgan fingerprint density at radius 3 is 2.60 bits per heavy atom. The number of benzene rings is 1. The molecule has 2 bridgehead atoms. The van der Waals surface area contributed by atoms with Crippen molar-refractivity contribution in [2.75, 3.05) is 25.2 Å². The Morgan fingerprint density at radius 1 is 1.37 bits per heavy atom. The molecular weight excluding hydrogens is 452 g/mol. The Balaban J connectivity index is 1.83. The lowest BCUT2D eigenvalue weighted by Crippen LogP contribution is -2.60. The van der Waals surface area contributed by atoms with Gasteiger partial charge in [-0.1, -0.05) is 26.3 Å². The molecule has 1 spiro atoms. The number of nitrogens with zero attached hydrogens (tertiary/aromatic N) is 2. The minimum Gasteiger partial charge on any atom is -0.497 e. The second kappa shape index (κ2) is 9.62. The molecule has 2 N–H and O–H groups in total. The molecule has 9 heteroatoms. The van der Waals surface area contributed by atoms with Crippen molar-refractivity contribution in [1.82, 2.24) is 4.90 Å². The molecule has 3 saturated heterocycles. The number of likely N-dealkylation sites (tertiary alicyclic amines) is 1. The van der Waals surface area contributed by atoms with E-state index in [4.69, 9.17) is 9.47 Å². The van der Waals surface area contributed by atoms with Crippen molar-refractivity contribution in [3.8, 4) is 5.75 Å². The number of hydrogen-bond donors (Lipinski definition) is 2. The molecule has 35 heavy (non-hydrogen) atoms. The SMILES string of the molecule is C=CCN(C(=O)C1N([C@@H](CO)[C@@H](C)CC)C(=O)[C@@H]2[C@@H](C(=O)O)[C@H]3CCC12O3)c1ccc(OC)cc1. The van der Waals surface area contributed by atoms with Crippen LogP contribution in [0, 0.1) is 17.8 Å². The number of anilines is 1. The van der Waals surface area contributed by atoms with Crippen molar-refractivity contribution >= 4 is 23.5 Å². The predicted molar refractivity (Wildman–Crippen MR) is 128 cm³/mol.